The maximum Gasteiger partial charge on any atom is 0.257 e. The topological polar surface area (TPSA) is 98.2 Å². The zero-order valence-electron chi connectivity index (χ0n) is 17.1. The van der Waals surface area contributed by atoms with E-state index in [0.717, 1.165) is 31.2 Å². The summed E-state index contributed by atoms with van der Waals surface area (Å²) in [7, 11) is 0. The van der Waals surface area contributed by atoms with E-state index in [-0.39, 0.29) is 23.3 Å². The van der Waals surface area contributed by atoms with E-state index in [2.05, 4.69) is 10.4 Å². The third-order valence-electron chi connectivity index (χ3n) is 5.66. The fourth-order valence-electron chi connectivity index (χ4n) is 4.03. The fraction of sp³-hybridized carbons (Fsp3) is 0.217. The summed E-state index contributed by atoms with van der Waals surface area (Å²) >= 11 is 12.1. The van der Waals surface area contributed by atoms with Crippen LogP contribution >= 0.6 is 23.2 Å². The highest BCUT2D eigenvalue weighted by molar-refractivity contribution is 6.42. The molecule has 9 heteroatoms. The van der Waals surface area contributed by atoms with E-state index < -0.39 is 0 Å². The van der Waals surface area contributed by atoms with Crippen LogP contribution in [-0.4, -0.2) is 32.8 Å². The van der Waals surface area contributed by atoms with Crippen molar-refractivity contribution in [1.82, 2.24) is 20.0 Å². The van der Waals surface area contributed by atoms with Crippen LogP contribution in [0.5, 0.6) is 0 Å². The molecule has 2 aromatic heterocycles. The molecular weight excluding hydrogens is 447 g/mol. The van der Waals surface area contributed by atoms with Crippen molar-refractivity contribution in [2.45, 2.75) is 31.7 Å². The first-order valence-electron chi connectivity index (χ1n) is 10.4. The van der Waals surface area contributed by atoms with E-state index in [0.29, 0.717) is 32.2 Å². The van der Waals surface area contributed by atoms with Crippen molar-refractivity contribution in [2.24, 2.45) is 5.10 Å². The van der Waals surface area contributed by atoms with Crippen molar-refractivity contribution in [3.8, 4) is 0 Å². The molecule has 1 aliphatic rings. The second-order valence-electron chi connectivity index (χ2n) is 7.83. The highest BCUT2D eigenvalue weighted by atomic mass is 35.5. The lowest BCUT2D eigenvalue weighted by Gasteiger charge is -2.11. The normalized spacial score (nSPS) is 14.7. The number of nitrogen functional groups attached to an aromatic ring is 1. The van der Waals surface area contributed by atoms with Gasteiger partial charge in [0.15, 0.2) is 5.65 Å². The number of rotatable bonds is 4. The number of hydrogen-bond acceptors (Lipinski definition) is 5. The Bertz CT molecular complexity index is 1370. The van der Waals surface area contributed by atoms with Crippen molar-refractivity contribution >= 4 is 63.3 Å². The molecule has 1 aliphatic carbocycles. The van der Waals surface area contributed by atoms with E-state index in [1.807, 2.05) is 24.3 Å². The number of carbonyl (C=O) groups is 1. The molecular formula is C23H20Cl2N6O. The molecule has 0 aliphatic heterocycles. The summed E-state index contributed by atoms with van der Waals surface area (Å²) in [6.45, 7) is 0. The van der Waals surface area contributed by atoms with Crippen molar-refractivity contribution < 1.29 is 4.79 Å². The van der Waals surface area contributed by atoms with E-state index in [1.165, 1.54) is 4.68 Å². The Kier molecular flexibility index (Phi) is 5.45. The number of aromatic nitrogens is 3. The highest BCUT2D eigenvalue weighted by Crippen LogP contribution is 2.29. The van der Waals surface area contributed by atoms with Crippen molar-refractivity contribution in [1.29, 1.82) is 0 Å². The molecule has 162 valence electrons. The lowest BCUT2D eigenvalue weighted by Crippen LogP contribution is -2.33. The summed E-state index contributed by atoms with van der Waals surface area (Å²) in [6, 6.07) is 12.8. The molecule has 2 aromatic carbocycles. The second-order valence-corrected chi connectivity index (χ2v) is 8.64. The molecule has 4 aromatic rings. The molecule has 5 rings (SSSR count). The molecule has 0 spiro atoms. The number of carbonyl (C=O) groups excluding carboxylic acids is 1. The van der Waals surface area contributed by atoms with E-state index in [4.69, 9.17) is 38.9 Å². The van der Waals surface area contributed by atoms with Crippen LogP contribution in [0.1, 0.15) is 41.6 Å². The van der Waals surface area contributed by atoms with Gasteiger partial charge in [-0.05, 0) is 42.7 Å². The zero-order valence-corrected chi connectivity index (χ0v) is 18.6. The van der Waals surface area contributed by atoms with Gasteiger partial charge in [-0.1, -0.05) is 54.2 Å². The number of nitrogens with one attached hydrogen (secondary N) is 1. The number of anilines is 1. The molecule has 7 nitrogen and oxygen atoms in total. The number of amides is 1. The molecule has 0 saturated heterocycles. The van der Waals surface area contributed by atoms with Crippen LogP contribution in [0.15, 0.2) is 47.6 Å². The first kappa shape index (κ1) is 20.7. The number of hydrogen-bond donors (Lipinski definition) is 2. The largest absolute Gasteiger partial charge is 0.383 e. The third kappa shape index (κ3) is 3.78. The average molecular weight is 467 g/mol. The SMILES string of the molecule is Nc1c(C(=O)NC2CCCC2)c2nc3ccccc3nc2n1/N=C/c1ccc(Cl)c(Cl)c1. The van der Waals surface area contributed by atoms with Gasteiger partial charge in [0.1, 0.15) is 16.9 Å². The van der Waals surface area contributed by atoms with Crippen LogP contribution in [0.2, 0.25) is 10.0 Å². The Balaban J connectivity index is 1.64. The standard InChI is InChI=1S/C23H20Cl2N6O/c24-15-10-9-13(11-16(15)25)12-27-31-21(26)19(23(32)28-14-5-1-2-6-14)20-22(31)30-18-8-4-3-7-17(18)29-20/h3-4,7-12,14H,1-2,5-6,26H2,(H,28,32)/b27-12+. The average Bonchev–Trinajstić information content (AvgIpc) is 3.38. The van der Waals surface area contributed by atoms with Crippen molar-refractivity contribution in [3.63, 3.8) is 0 Å². The number of halogens is 2. The molecule has 0 radical (unpaired) electrons. The van der Waals surface area contributed by atoms with Gasteiger partial charge in [0.2, 0.25) is 0 Å². The van der Waals surface area contributed by atoms with Gasteiger partial charge in [-0.15, -0.1) is 0 Å². The van der Waals surface area contributed by atoms with Crippen LogP contribution in [0, 0.1) is 0 Å². The number of nitrogens with two attached hydrogens (primary N) is 1. The Morgan fingerprint density at radius 2 is 1.81 bits per heavy atom. The lowest BCUT2D eigenvalue weighted by molar-refractivity contribution is 0.0940. The number of nitrogens with zero attached hydrogens (tertiary/aromatic N) is 4. The summed E-state index contributed by atoms with van der Waals surface area (Å²) in [5.41, 5.74) is 9.65. The maximum atomic E-state index is 13.2. The van der Waals surface area contributed by atoms with Gasteiger partial charge < -0.3 is 11.1 Å². The van der Waals surface area contributed by atoms with Gasteiger partial charge in [-0.2, -0.15) is 9.78 Å². The minimum absolute atomic E-state index is 0.147. The van der Waals surface area contributed by atoms with Crippen LogP contribution in [0.3, 0.4) is 0 Å². The minimum Gasteiger partial charge on any atom is -0.383 e. The molecule has 1 saturated carbocycles. The van der Waals surface area contributed by atoms with Crippen LogP contribution in [0.4, 0.5) is 5.82 Å². The Labute approximate surface area is 194 Å². The van der Waals surface area contributed by atoms with E-state index in [9.17, 15) is 4.79 Å². The summed E-state index contributed by atoms with van der Waals surface area (Å²) < 4.78 is 1.45. The first-order valence-corrected chi connectivity index (χ1v) is 11.1. The van der Waals surface area contributed by atoms with E-state index in [1.54, 1.807) is 24.4 Å². The van der Waals surface area contributed by atoms with Gasteiger partial charge >= 0.3 is 0 Å². The van der Waals surface area contributed by atoms with Gasteiger partial charge in [0.25, 0.3) is 5.91 Å². The molecule has 0 unspecified atom stereocenters. The zero-order chi connectivity index (χ0) is 22.2. The van der Waals surface area contributed by atoms with Crippen molar-refractivity contribution in [2.75, 3.05) is 5.73 Å². The lowest BCUT2D eigenvalue weighted by atomic mass is 10.2. The van der Waals surface area contributed by atoms with Gasteiger partial charge in [0, 0.05) is 6.04 Å². The quantitative estimate of drug-likeness (QED) is 0.412. The van der Waals surface area contributed by atoms with Crippen molar-refractivity contribution in [3.05, 3.63) is 63.6 Å². The predicted octanol–water partition coefficient (Wildman–Crippen LogP) is 5.03. The second kappa shape index (κ2) is 8.41. The molecule has 32 heavy (non-hydrogen) atoms. The molecule has 0 atom stereocenters. The Hall–Kier alpha value is -3.16. The van der Waals surface area contributed by atoms with Gasteiger partial charge in [-0.25, -0.2) is 9.97 Å². The summed E-state index contributed by atoms with van der Waals surface area (Å²) in [5.74, 6) is -0.0745. The number of benzene rings is 2. The number of fused-ring (bicyclic) bond motifs is 2. The van der Waals surface area contributed by atoms with Crippen LogP contribution in [-0.2, 0) is 0 Å². The monoisotopic (exact) mass is 466 g/mol. The highest BCUT2D eigenvalue weighted by Gasteiger charge is 2.26. The summed E-state index contributed by atoms with van der Waals surface area (Å²) in [4.78, 5) is 22.6. The Morgan fingerprint density at radius 1 is 1.09 bits per heavy atom. The smallest absolute Gasteiger partial charge is 0.257 e. The third-order valence-corrected chi connectivity index (χ3v) is 6.40. The van der Waals surface area contributed by atoms with Gasteiger partial charge in [-0.3, -0.25) is 4.79 Å². The molecule has 3 N–H and O–H groups in total. The summed E-state index contributed by atoms with van der Waals surface area (Å²) in [5, 5.41) is 8.47. The molecule has 1 fully saturated rings. The maximum absolute atomic E-state index is 13.2. The first-order chi connectivity index (χ1) is 15.5. The fourth-order valence-corrected chi connectivity index (χ4v) is 4.34. The number of para-hydroxylation sites is 2. The predicted molar refractivity (Wildman–Crippen MR) is 129 cm³/mol. The van der Waals surface area contributed by atoms with Gasteiger partial charge in [0.05, 0.1) is 27.3 Å². The van der Waals surface area contributed by atoms with Crippen LogP contribution < -0.4 is 11.1 Å². The molecule has 2 heterocycles. The Morgan fingerprint density at radius 3 is 2.53 bits per heavy atom. The summed E-state index contributed by atoms with van der Waals surface area (Å²) in [6.07, 6.45) is 5.75. The van der Waals surface area contributed by atoms with Crippen LogP contribution in [0.25, 0.3) is 22.2 Å². The minimum atomic E-state index is -0.257. The van der Waals surface area contributed by atoms with E-state index >= 15 is 0 Å². The molecule has 0 bridgehead atoms. The molecule has 1 amide bonds.